The molecular weight excluding hydrogens is 316 g/mol. The van der Waals surface area contributed by atoms with Crippen molar-refractivity contribution in [3.63, 3.8) is 0 Å². The summed E-state index contributed by atoms with van der Waals surface area (Å²) in [4.78, 5) is 1.16. The van der Waals surface area contributed by atoms with E-state index >= 15 is 0 Å². The van der Waals surface area contributed by atoms with Crippen LogP contribution in [0.15, 0.2) is 72.0 Å². The summed E-state index contributed by atoms with van der Waals surface area (Å²) in [5.41, 5.74) is 9.22. The molecule has 2 aromatic carbocycles. The number of benzene rings is 2. The Balaban J connectivity index is 1.80. The number of hydrogen-bond donors (Lipinski definition) is 1. The highest BCUT2D eigenvalue weighted by atomic mass is 15.7. The first-order valence-corrected chi connectivity index (χ1v) is 7.60. The van der Waals surface area contributed by atoms with E-state index in [0.29, 0.717) is 0 Å². The molecule has 2 aromatic heterocycles. The largest absolute Gasteiger partial charge is 0.365 e. The van der Waals surface area contributed by atoms with E-state index in [1.807, 2.05) is 71.5 Å². The van der Waals surface area contributed by atoms with Crippen molar-refractivity contribution in [3.05, 3.63) is 72.4 Å². The second kappa shape index (κ2) is 6.36. The SMILES string of the molecule is Nc1nnnn1N=Cc1cn(-c2ccccc2)nc1-c1ccccc1. The van der Waals surface area contributed by atoms with Crippen molar-refractivity contribution in [2.45, 2.75) is 0 Å². The van der Waals surface area contributed by atoms with E-state index in [4.69, 9.17) is 10.8 Å². The summed E-state index contributed by atoms with van der Waals surface area (Å²) in [6.07, 6.45) is 3.54. The first kappa shape index (κ1) is 14.8. The van der Waals surface area contributed by atoms with Crippen LogP contribution in [0, 0.1) is 0 Å². The summed E-state index contributed by atoms with van der Waals surface area (Å²) in [6, 6.07) is 19.8. The molecule has 0 bridgehead atoms. The van der Waals surface area contributed by atoms with E-state index in [0.717, 1.165) is 27.3 Å². The number of rotatable bonds is 4. The first-order chi connectivity index (χ1) is 12.3. The Morgan fingerprint density at radius 2 is 1.68 bits per heavy atom. The highest BCUT2D eigenvalue weighted by Crippen LogP contribution is 2.22. The normalized spacial score (nSPS) is 11.2. The third-order valence-electron chi connectivity index (χ3n) is 3.59. The molecule has 0 saturated carbocycles. The molecule has 25 heavy (non-hydrogen) atoms. The molecule has 0 saturated heterocycles. The van der Waals surface area contributed by atoms with Gasteiger partial charge in [-0.1, -0.05) is 58.4 Å². The molecule has 2 N–H and O–H groups in total. The van der Waals surface area contributed by atoms with Gasteiger partial charge in [0.1, 0.15) is 5.69 Å². The van der Waals surface area contributed by atoms with Gasteiger partial charge in [0.2, 0.25) is 0 Å². The zero-order valence-electron chi connectivity index (χ0n) is 13.1. The molecule has 0 unspecified atom stereocenters. The van der Waals surface area contributed by atoms with Crippen molar-refractivity contribution in [1.82, 2.24) is 30.1 Å². The highest BCUT2D eigenvalue weighted by Gasteiger charge is 2.11. The molecule has 8 nitrogen and oxygen atoms in total. The average Bonchev–Trinajstić information content (AvgIpc) is 3.27. The predicted octanol–water partition coefficient (Wildman–Crippen LogP) is 1.99. The molecule has 2 heterocycles. The minimum atomic E-state index is 0.118. The fraction of sp³-hybridized carbons (Fsp3) is 0. The van der Waals surface area contributed by atoms with Gasteiger partial charge in [-0.25, -0.2) is 4.68 Å². The maximum absolute atomic E-state index is 5.64. The first-order valence-electron chi connectivity index (χ1n) is 7.60. The van der Waals surface area contributed by atoms with Gasteiger partial charge in [-0.05, 0) is 22.6 Å². The van der Waals surface area contributed by atoms with E-state index in [-0.39, 0.29) is 5.95 Å². The van der Waals surface area contributed by atoms with Gasteiger partial charge in [-0.15, -0.1) is 0 Å². The van der Waals surface area contributed by atoms with Crippen molar-refractivity contribution in [2.24, 2.45) is 5.10 Å². The van der Waals surface area contributed by atoms with Crippen molar-refractivity contribution in [3.8, 4) is 16.9 Å². The average molecular weight is 330 g/mol. The predicted molar refractivity (Wildman–Crippen MR) is 94.2 cm³/mol. The molecule has 0 fully saturated rings. The number of para-hydroxylation sites is 1. The standard InChI is InChI=1S/C17H14N8/c18-17-20-22-23-25(17)19-11-14-12-24(15-9-5-2-6-10-15)21-16(14)13-7-3-1-4-8-13/h1-12H,(H2,18,20,23). The molecule has 8 heteroatoms. The maximum Gasteiger partial charge on any atom is 0.263 e. The molecule has 0 aliphatic carbocycles. The highest BCUT2D eigenvalue weighted by molar-refractivity contribution is 5.88. The van der Waals surface area contributed by atoms with Crippen LogP contribution in [0.3, 0.4) is 0 Å². The molecule has 4 rings (SSSR count). The maximum atomic E-state index is 5.64. The third-order valence-corrected chi connectivity index (χ3v) is 3.59. The van der Waals surface area contributed by atoms with Crippen LogP contribution in [0.25, 0.3) is 16.9 Å². The van der Waals surface area contributed by atoms with Gasteiger partial charge in [0.05, 0.1) is 11.9 Å². The number of nitrogens with two attached hydrogens (primary N) is 1. The number of anilines is 1. The summed E-state index contributed by atoms with van der Waals surface area (Å²) in [6.45, 7) is 0. The van der Waals surface area contributed by atoms with Gasteiger partial charge in [-0.3, -0.25) is 0 Å². The molecule has 0 aliphatic rings. The van der Waals surface area contributed by atoms with E-state index < -0.39 is 0 Å². The molecule has 0 radical (unpaired) electrons. The van der Waals surface area contributed by atoms with Crippen LogP contribution in [-0.4, -0.2) is 36.3 Å². The van der Waals surface area contributed by atoms with Gasteiger partial charge in [0.25, 0.3) is 5.95 Å². The van der Waals surface area contributed by atoms with Crippen LogP contribution in [-0.2, 0) is 0 Å². The second-order valence-electron chi connectivity index (χ2n) is 5.25. The Morgan fingerprint density at radius 1 is 0.960 bits per heavy atom. The topological polar surface area (TPSA) is 99.8 Å². The van der Waals surface area contributed by atoms with Crippen LogP contribution in [0.4, 0.5) is 5.95 Å². The minimum absolute atomic E-state index is 0.118. The number of tetrazole rings is 1. The van der Waals surface area contributed by atoms with Crippen LogP contribution in [0.2, 0.25) is 0 Å². The lowest BCUT2D eigenvalue weighted by molar-refractivity contribution is 0.700. The number of nitrogen functional groups attached to an aromatic ring is 1. The van der Waals surface area contributed by atoms with Crippen LogP contribution in [0.1, 0.15) is 5.56 Å². The van der Waals surface area contributed by atoms with E-state index in [1.165, 1.54) is 0 Å². The summed E-state index contributed by atoms with van der Waals surface area (Å²) < 4.78 is 1.81. The van der Waals surface area contributed by atoms with Crippen LogP contribution >= 0.6 is 0 Å². The number of nitrogens with zero attached hydrogens (tertiary/aromatic N) is 7. The summed E-state index contributed by atoms with van der Waals surface area (Å²) >= 11 is 0. The smallest absolute Gasteiger partial charge is 0.263 e. The summed E-state index contributed by atoms with van der Waals surface area (Å²) in [5, 5.41) is 19.7. The fourth-order valence-electron chi connectivity index (χ4n) is 2.40. The Kier molecular flexibility index (Phi) is 3.76. The molecule has 0 atom stereocenters. The van der Waals surface area contributed by atoms with Crippen molar-refractivity contribution in [2.75, 3.05) is 5.73 Å². The van der Waals surface area contributed by atoms with Crippen LogP contribution in [0.5, 0.6) is 0 Å². The Bertz CT molecular complexity index is 1000. The minimum Gasteiger partial charge on any atom is -0.365 e. The van der Waals surface area contributed by atoms with Crippen LogP contribution < -0.4 is 5.73 Å². The quantitative estimate of drug-likeness (QED) is 0.577. The lowest BCUT2D eigenvalue weighted by atomic mass is 10.1. The van der Waals surface area contributed by atoms with Gasteiger partial charge in [0, 0.05) is 17.3 Å². The van der Waals surface area contributed by atoms with Crippen molar-refractivity contribution in [1.29, 1.82) is 0 Å². The van der Waals surface area contributed by atoms with Gasteiger partial charge in [0.15, 0.2) is 0 Å². The van der Waals surface area contributed by atoms with Gasteiger partial charge in [-0.2, -0.15) is 10.2 Å². The van der Waals surface area contributed by atoms with E-state index in [9.17, 15) is 0 Å². The molecule has 4 aromatic rings. The molecular formula is C17H14N8. The van der Waals surface area contributed by atoms with Gasteiger partial charge >= 0.3 is 0 Å². The third kappa shape index (κ3) is 3.00. The zero-order valence-corrected chi connectivity index (χ0v) is 13.1. The second-order valence-corrected chi connectivity index (χ2v) is 5.25. The Labute approximate surface area is 143 Å². The van der Waals surface area contributed by atoms with Gasteiger partial charge < -0.3 is 5.73 Å². The molecule has 0 aliphatic heterocycles. The molecule has 0 spiro atoms. The fourth-order valence-corrected chi connectivity index (χ4v) is 2.40. The summed E-state index contributed by atoms with van der Waals surface area (Å²) in [7, 11) is 0. The van der Waals surface area contributed by atoms with Crippen molar-refractivity contribution < 1.29 is 0 Å². The Morgan fingerprint density at radius 3 is 2.36 bits per heavy atom. The lowest BCUT2D eigenvalue weighted by Gasteiger charge is -2.00. The van der Waals surface area contributed by atoms with E-state index in [2.05, 4.69) is 20.6 Å². The van der Waals surface area contributed by atoms with E-state index in [1.54, 1.807) is 6.21 Å². The number of hydrogen-bond acceptors (Lipinski definition) is 6. The zero-order chi connectivity index (χ0) is 17.1. The lowest BCUT2D eigenvalue weighted by Crippen LogP contribution is -1.99. The monoisotopic (exact) mass is 330 g/mol. The molecule has 0 amide bonds. The Hall–Kier alpha value is -3.81. The number of aromatic nitrogens is 6. The molecule has 122 valence electrons. The van der Waals surface area contributed by atoms with Crippen molar-refractivity contribution >= 4 is 12.2 Å². The summed E-state index contributed by atoms with van der Waals surface area (Å²) in [5.74, 6) is 0.118.